The lowest BCUT2D eigenvalue weighted by molar-refractivity contribution is 0.102. The van der Waals surface area contributed by atoms with Gasteiger partial charge in [0.25, 0.3) is 5.91 Å². The number of anilines is 1. The maximum atomic E-state index is 12.3. The molecule has 0 saturated heterocycles. The van der Waals surface area contributed by atoms with E-state index in [2.05, 4.69) is 26.3 Å². The van der Waals surface area contributed by atoms with Gasteiger partial charge in [-0.05, 0) is 42.8 Å². The molecule has 0 atom stereocenters. The zero-order chi connectivity index (χ0) is 16.4. The zero-order valence-electron chi connectivity index (χ0n) is 12.3. The number of hydrogen-bond acceptors (Lipinski definition) is 3. The number of para-hydroxylation sites is 1. The van der Waals surface area contributed by atoms with E-state index in [1.165, 1.54) is 6.20 Å². The molecule has 5 nitrogen and oxygen atoms in total. The van der Waals surface area contributed by atoms with Crippen LogP contribution >= 0.6 is 15.9 Å². The number of carbonyl (C=O) groups is 1. The van der Waals surface area contributed by atoms with Gasteiger partial charge in [0.15, 0.2) is 0 Å². The van der Waals surface area contributed by atoms with Gasteiger partial charge in [0.05, 0.1) is 23.1 Å². The summed E-state index contributed by atoms with van der Waals surface area (Å²) >= 11 is 3.38. The maximum Gasteiger partial charge on any atom is 0.258 e. The minimum atomic E-state index is -0.325. The second kappa shape index (κ2) is 6.26. The number of rotatable bonds is 3. The van der Waals surface area contributed by atoms with E-state index in [1.54, 1.807) is 36.0 Å². The smallest absolute Gasteiger partial charge is 0.258 e. The highest BCUT2D eigenvalue weighted by Gasteiger charge is 2.12. The number of hydrogen-bond donors (Lipinski definition) is 2. The summed E-state index contributed by atoms with van der Waals surface area (Å²) in [6.45, 7) is 1.77. The zero-order valence-corrected chi connectivity index (χ0v) is 13.9. The topological polar surface area (TPSA) is 67.2 Å². The van der Waals surface area contributed by atoms with Crippen LogP contribution in [0.1, 0.15) is 15.9 Å². The van der Waals surface area contributed by atoms with E-state index in [0.717, 1.165) is 10.2 Å². The lowest BCUT2D eigenvalue weighted by atomic mass is 10.2. The highest BCUT2D eigenvalue weighted by atomic mass is 79.9. The van der Waals surface area contributed by atoms with Crippen molar-refractivity contribution in [3.05, 3.63) is 70.5 Å². The van der Waals surface area contributed by atoms with Crippen molar-refractivity contribution in [2.45, 2.75) is 6.92 Å². The maximum absolute atomic E-state index is 12.3. The molecular formula is C17H14BrN3O2. The number of carbonyl (C=O) groups excluding carboxylic acids is 1. The molecule has 116 valence electrons. The number of amides is 1. The number of aromatic nitrogens is 2. The van der Waals surface area contributed by atoms with Crippen molar-refractivity contribution in [3.63, 3.8) is 0 Å². The molecule has 1 aromatic heterocycles. The fraction of sp³-hybridized carbons (Fsp3) is 0.0588. The Morgan fingerprint density at radius 1 is 1.22 bits per heavy atom. The van der Waals surface area contributed by atoms with Crippen molar-refractivity contribution >= 4 is 27.5 Å². The van der Waals surface area contributed by atoms with Gasteiger partial charge in [-0.2, -0.15) is 5.10 Å². The van der Waals surface area contributed by atoms with Gasteiger partial charge in [-0.3, -0.25) is 4.79 Å². The van der Waals surface area contributed by atoms with Crippen molar-refractivity contribution in [1.29, 1.82) is 0 Å². The normalized spacial score (nSPS) is 10.5. The summed E-state index contributed by atoms with van der Waals surface area (Å²) in [4.78, 5) is 12.3. The standard InChI is InChI=1S/C17H14BrN3O2/c1-11-3-2-4-15(16(11)22)20-17(23)12-9-19-21(10-12)14-7-5-13(18)6-8-14/h2-10,22H,1H3,(H,20,23). The van der Waals surface area contributed by atoms with E-state index in [0.29, 0.717) is 16.8 Å². The number of nitrogens with one attached hydrogen (secondary N) is 1. The molecule has 23 heavy (non-hydrogen) atoms. The van der Waals surface area contributed by atoms with Gasteiger partial charge in [0, 0.05) is 10.7 Å². The molecule has 2 N–H and O–H groups in total. The van der Waals surface area contributed by atoms with Crippen molar-refractivity contribution in [3.8, 4) is 11.4 Å². The number of benzene rings is 2. The lowest BCUT2D eigenvalue weighted by Gasteiger charge is -2.07. The molecule has 6 heteroatoms. The Balaban J connectivity index is 1.81. The molecule has 0 fully saturated rings. The van der Waals surface area contributed by atoms with Gasteiger partial charge < -0.3 is 10.4 Å². The van der Waals surface area contributed by atoms with Crippen LogP contribution in [0.4, 0.5) is 5.69 Å². The van der Waals surface area contributed by atoms with Crippen molar-refractivity contribution in [1.82, 2.24) is 9.78 Å². The summed E-state index contributed by atoms with van der Waals surface area (Å²) < 4.78 is 2.60. The summed E-state index contributed by atoms with van der Waals surface area (Å²) in [6.07, 6.45) is 3.13. The summed E-state index contributed by atoms with van der Waals surface area (Å²) in [7, 11) is 0. The molecule has 2 aromatic carbocycles. The van der Waals surface area contributed by atoms with Crippen molar-refractivity contribution in [2.75, 3.05) is 5.32 Å². The summed E-state index contributed by atoms with van der Waals surface area (Å²) in [6, 6.07) is 12.8. The van der Waals surface area contributed by atoms with Crippen molar-refractivity contribution in [2.24, 2.45) is 0 Å². The molecule has 0 saturated carbocycles. The second-order valence-electron chi connectivity index (χ2n) is 5.08. The Morgan fingerprint density at radius 3 is 2.70 bits per heavy atom. The van der Waals surface area contributed by atoms with Gasteiger partial charge in [0.2, 0.25) is 0 Å². The van der Waals surface area contributed by atoms with Crippen LogP contribution in [0.2, 0.25) is 0 Å². The molecular weight excluding hydrogens is 358 g/mol. The summed E-state index contributed by atoms with van der Waals surface area (Å²) in [5.41, 5.74) is 2.35. The van der Waals surface area contributed by atoms with Gasteiger partial charge in [-0.25, -0.2) is 4.68 Å². The van der Waals surface area contributed by atoms with Crippen LogP contribution in [0.3, 0.4) is 0 Å². The minimum Gasteiger partial charge on any atom is -0.505 e. The van der Waals surface area contributed by atoms with E-state index in [4.69, 9.17) is 0 Å². The molecule has 3 rings (SSSR count). The Kier molecular flexibility index (Phi) is 4.16. The number of phenols is 1. The predicted octanol–water partition coefficient (Wildman–Crippen LogP) is 3.90. The molecule has 0 aliphatic rings. The third kappa shape index (κ3) is 3.27. The molecule has 3 aromatic rings. The largest absolute Gasteiger partial charge is 0.505 e. The van der Waals surface area contributed by atoms with Crippen LogP contribution in [-0.4, -0.2) is 20.8 Å². The van der Waals surface area contributed by atoms with Crippen LogP contribution in [0.15, 0.2) is 59.3 Å². The van der Waals surface area contributed by atoms with Crippen molar-refractivity contribution < 1.29 is 9.90 Å². The number of nitrogens with zero attached hydrogens (tertiary/aromatic N) is 2. The number of halogens is 1. The Labute approximate surface area is 141 Å². The first-order chi connectivity index (χ1) is 11.0. The van der Waals surface area contributed by atoms with E-state index in [1.807, 2.05) is 24.3 Å². The fourth-order valence-electron chi connectivity index (χ4n) is 2.13. The number of aryl methyl sites for hydroxylation is 1. The Morgan fingerprint density at radius 2 is 1.96 bits per heavy atom. The van der Waals surface area contributed by atoms with Gasteiger partial charge >= 0.3 is 0 Å². The van der Waals surface area contributed by atoms with Gasteiger partial charge in [-0.15, -0.1) is 0 Å². The molecule has 1 amide bonds. The van der Waals surface area contributed by atoms with E-state index >= 15 is 0 Å². The number of phenolic OH excluding ortho intramolecular Hbond substituents is 1. The number of aromatic hydroxyl groups is 1. The first-order valence-electron chi connectivity index (χ1n) is 6.95. The van der Waals surface area contributed by atoms with Crippen LogP contribution in [-0.2, 0) is 0 Å². The van der Waals surface area contributed by atoms with Crippen LogP contribution in [0.25, 0.3) is 5.69 Å². The van der Waals surface area contributed by atoms with E-state index < -0.39 is 0 Å². The molecule has 0 aliphatic carbocycles. The fourth-order valence-corrected chi connectivity index (χ4v) is 2.39. The highest BCUT2D eigenvalue weighted by Crippen LogP contribution is 2.27. The third-order valence-electron chi connectivity index (χ3n) is 3.42. The molecule has 1 heterocycles. The third-order valence-corrected chi connectivity index (χ3v) is 3.95. The second-order valence-corrected chi connectivity index (χ2v) is 5.99. The summed E-state index contributed by atoms with van der Waals surface area (Å²) in [5.74, 6) is -0.254. The van der Waals surface area contributed by atoms with E-state index in [9.17, 15) is 9.90 Å². The van der Waals surface area contributed by atoms with Gasteiger partial charge in [0.1, 0.15) is 5.75 Å². The van der Waals surface area contributed by atoms with Crippen LogP contribution < -0.4 is 5.32 Å². The first kappa shape index (κ1) is 15.3. The average molecular weight is 372 g/mol. The Hall–Kier alpha value is -2.60. The first-order valence-corrected chi connectivity index (χ1v) is 7.74. The molecule has 0 spiro atoms. The van der Waals surface area contributed by atoms with E-state index in [-0.39, 0.29) is 11.7 Å². The predicted molar refractivity (Wildman–Crippen MR) is 92.1 cm³/mol. The average Bonchev–Trinajstić information content (AvgIpc) is 3.02. The minimum absolute atomic E-state index is 0.0705. The monoisotopic (exact) mass is 371 g/mol. The quantitative estimate of drug-likeness (QED) is 0.686. The van der Waals surface area contributed by atoms with Crippen LogP contribution in [0.5, 0.6) is 5.75 Å². The molecule has 0 bridgehead atoms. The Bertz CT molecular complexity index is 857. The molecule has 0 radical (unpaired) electrons. The molecule has 0 unspecified atom stereocenters. The summed E-state index contributed by atoms with van der Waals surface area (Å²) in [5, 5.41) is 16.9. The van der Waals surface area contributed by atoms with Crippen LogP contribution in [0, 0.1) is 6.92 Å². The molecule has 0 aliphatic heterocycles. The highest BCUT2D eigenvalue weighted by molar-refractivity contribution is 9.10. The van der Waals surface area contributed by atoms with Gasteiger partial charge in [-0.1, -0.05) is 28.1 Å². The SMILES string of the molecule is Cc1cccc(NC(=O)c2cnn(-c3ccc(Br)cc3)c2)c1O. The lowest BCUT2D eigenvalue weighted by Crippen LogP contribution is -2.11.